The molecule has 0 saturated carbocycles. The fourth-order valence-electron chi connectivity index (χ4n) is 5.27. The molecule has 0 bridgehead atoms. The van der Waals surface area contributed by atoms with E-state index in [1.807, 2.05) is 24.3 Å². The lowest BCUT2D eigenvalue weighted by Crippen LogP contribution is -2.42. The third-order valence-corrected chi connectivity index (χ3v) is 8.57. The number of hydrogen-bond acceptors (Lipinski definition) is 5. The highest BCUT2D eigenvalue weighted by atomic mass is 32.2. The largest absolute Gasteiger partial charge is 0.573 e. The van der Waals surface area contributed by atoms with E-state index < -0.39 is 6.36 Å². The van der Waals surface area contributed by atoms with Gasteiger partial charge in [0.05, 0.1) is 5.69 Å². The molecule has 0 radical (unpaired) electrons. The lowest BCUT2D eigenvalue weighted by atomic mass is 10.0. The van der Waals surface area contributed by atoms with E-state index in [0.29, 0.717) is 18.1 Å². The van der Waals surface area contributed by atoms with Gasteiger partial charge in [0, 0.05) is 29.6 Å². The molecule has 1 unspecified atom stereocenters. The maximum absolute atomic E-state index is 12.9. The van der Waals surface area contributed by atoms with Gasteiger partial charge in [-0.1, -0.05) is 61.5 Å². The van der Waals surface area contributed by atoms with Gasteiger partial charge in [-0.25, -0.2) is 14.5 Å². The van der Waals surface area contributed by atoms with Gasteiger partial charge in [0.2, 0.25) is 0 Å². The van der Waals surface area contributed by atoms with Crippen molar-refractivity contribution >= 4 is 28.6 Å². The minimum absolute atomic E-state index is 0.255. The van der Waals surface area contributed by atoms with Crippen LogP contribution in [0.1, 0.15) is 49.8 Å². The van der Waals surface area contributed by atoms with E-state index in [2.05, 4.69) is 69.0 Å². The number of benzene rings is 3. The zero-order chi connectivity index (χ0) is 32.7. The number of anilines is 1. The van der Waals surface area contributed by atoms with Crippen molar-refractivity contribution in [1.29, 1.82) is 0 Å². The number of carbonyl (C=O) groups is 1. The number of amidine groups is 1. The molecule has 1 fully saturated rings. The average Bonchev–Trinajstić information content (AvgIpc) is 3.51. The second-order valence-electron chi connectivity index (χ2n) is 11.2. The van der Waals surface area contributed by atoms with Gasteiger partial charge < -0.3 is 15.0 Å². The number of carbonyl (C=O) groups excluding carboxylic acids is 1. The summed E-state index contributed by atoms with van der Waals surface area (Å²) in [7, 11) is 0. The summed E-state index contributed by atoms with van der Waals surface area (Å²) in [5.74, 6) is 1.12. The molecule has 1 aliphatic rings. The molecule has 242 valence electrons. The van der Waals surface area contributed by atoms with Crippen LogP contribution in [0.5, 0.6) is 5.75 Å². The fraction of sp³-hybridized carbons (Fsp3) is 0.353. The summed E-state index contributed by atoms with van der Waals surface area (Å²) in [5.41, 5.74) is 6.08. The zero-order valence-corrected chi connectivity index (χ0v) is 26.9. The molecule has 1 N–H and O–H groups in total. The molecule has 1 atom stereocenters. The third kappa shape index (κ3) is 8.68. The quantitative estimate of drug-likeness (QED) is 0.175. The van der Waals surface area contributed by atoms with Gasteiger partial charge in [-0.2, -0.15) is 4.99 Å². The van der Waals surface area contributed by atoms with E-state index in [0.717, 1.165) is 59.8 Å². The summed E-state index contributed by atoms with van der Waals surface area (Å²) in [5, 5.41) is 8.16. The number of halogens is 3. The highest BCUT2D eigenvalue weighted by Gasteiger charge is 2.31. The summed E-state index contributed by atoms with van der Waals surface area (Å²) in [6, 6.07) is 19.7. The van der Waals surface area contributed by atoms with Gasteiger partial charge in [-0.05, 0) is 86.6 Å². The number of aromatic nitrogens is 3. The molecule has 2 heterocycles. The van der Waals surface area contributed by atoms with Gasteiger partial charge in [0.15, 0.2) is 11.0 Å². The van der Waals surface area contributed by atoms with Crippen molar-refractivity contribution in [2.45, 2.75) is 65.3 Å². The van der Waals surface area contributed by atoms with Crippen molar-refractivity contribution in [3.8, 4) is 22.8 Å². The van der Waals surface area contributed by atoms with Crippen molar-refractivity contribution in [3.05, 3.63) is 89.7 Å². The molecular weight excluding hydrogens is 613 g/mol. The summed E-state index contributed by atoms with van der Waals surface area (Å²) >= 11 is 1.63. The molecule has 5 rings (SSSR count). The van der Waals surface area contributed by atoms with Crippen LogP contribution in [0.4, 0.5) is 23.7 Å². The number of rotatable bonds is 10. The minimum Gasteiger partial charge on any atom is -0.406 e. The number of thioether (sulfide) groups is 1. The van der Waals surface area contributed by atoms with E-state index >= 15 is 0 Å². The van der Waals surface area contributed by atoms with Crippen molar-refractivity contribution in [3.63, 3.8) is 0 Å². The Balaban J connectivity index is 1.14. The van der Waals surface area contributed by atoms with Crippen molar-refractivity contribution in [1.82, 2.24) is 20.1 Å². The van der Waals surface area contributed by atoms with E-state index in [9.17, 15) is 18.0 Å². The highest BCUT2D eigenvalue weighted by molar-refractivity contribution is 8.14. The maximum atomic E-state index is 12.9. The molecule has 3 aromatic carbocycles. The number of nitrogens with one attached hydrogen (secondary N) is 1. The van der Waals surface area contributed by atoms with Crippen molar-refractivity contribution in [2.75, 3.05) is 17.2 Å². The molecule has 0 aliphatic carbocycles. The molecule has 1 aromatic heterocycles. The van der Waals surface area contributed by atoms with Crippen molar-refractivity contribution in [2.24, 2.45) is 4.99 Å². The Morgan fingerprint density at radius 1 is 1.09 bits per heavy atom. The first kappa shape index (κ1) is 33.1. The first-order chi connectivity index (χ1) is 22.1. The molecule has 4 aromatic rings. The Morgan fingerprint density at radius 2 is 1.85 bits per heavy atom. The van der Waals surface area contributed by atoms with E-state index in [-0.39, 0.29) is 17.8 Å². The second-order valence-corrected chi connectivity index (χ2v) is 12.3. The van der Waals surface area contributed by atoms with Crippen LogP contribution in [0.3, 0.4) is 0 Å². The van der Waals surface area contributed by atoms with Crippen LogP contribution < -0.4 is 15.0 Å². The Morgan fingerprint density at radius 3 is 2.57 bits per heavy atom. The molecule has 12 heteroatoms. The van der Waals surface area contributed by atoms with Crippen LogP contribution in [0, 0.1) is 6.92 Å². The normalized spacial score (nSPS) is 16.1. The van der Waals surface area contributed by atoms with Gasteiger partial charge >= 0.3 is 12.4 Å². The lowest BCUT2D eigenvalue weighted by molar-refractivity contribution is -0.274. The van der Waals surface area contributed by atoms with E-state index in [4.69, 9.17) is 0 Å². The summed E-state index contributed by atoms with van der Waals surface area (Å²) in [6.07, 6.45) is 1.34. The van der Waals surface area contributed by atoms with Crippen LogP contribution >= 0.6 is 11.8 Å². The predicted molar refractivity (Wildman–Crippen MR) is 177 cm³/mol. The van der Waals surface area contributed by atoms with Gasteiger partial charge in [-0.15, -0.1) is 18.3 Å². The number of aliphatic imine (C=N–C) groups is 1. The lowest BCUT2D eigenvalue weighted by Gasteiger charge is -2.37. The van der Waals surface area contributed by atoms with E-state index in [1.54, 1.807) is 11.8 Å². The Kier molecular flexibility index (Phi) is 10.7. The minimum atomic E-state index is -4.74. The van der Waals surface area contributed by atoms with Crippen LogP contribution in [-0.2, 0) is 12.8 Å². The van der Waals surface area contributed by atoms with Crippen LogP contribution in [0.15, 0.2) is 78.0 Å². The number of nitrogens with zero attached hydrogens (tertiary/aromatic N) is 5. The van der Waals surface area contributed by atoms with Crippen LogP contribution in [0.25, 0.3) is 17.1 Å². The Labute approximate surface area is 271 Å². The smallest absolute Gasteiger partial charge is 0.406 e. The molecule has 2 amide bonds. The summed E-state index contributed by atoms with van der Waals surface area (Å²) in [6.45, 7) is 6.96. The SMILES string of the molecule is CCCc1ccc(C)cc1N1C(=NC(=O)NCCCc2ccc(-c3ncn(-c4ccc(OC(F)(F)F)cc4)n3)cc2)SCCC1C. The third-order valence-electron chi connectivity index (χ3n) is 7.59. The first-order valence-corrected chi connectivity index (χ1v) is 16.3. The monoisotopic (exact) mass is 650 g/mol. The molecular formula is C34H37F3N6O2S. The maximum Gasteiger partial charge on any atom is 0.573 e. The first-order valence-electron chi connectivity index (χ1n) is 15.3. The summed E-state index contributed by atoms with van der Waals surface area (Å²) in [4.78, 5) is 23.9. The number of ether oxygens (including phenoxy) is 1. The van der Waals surface area contributed by atoms with Crippen LogP contribution in [0.2, 0.25) is 0 Å². The molecule has 1 aliphatic heterocycles. The standard InChI is InChI=1S/C34H37F3N6O2S/c1-4-6-26-11-8-23(2)21-30(26)43-24(3)18-20-46-33(43)40-32(44)38-19-5-7-25-9-12-27(13-10-25)31-39-22-42(41-31)28-14-16-29(17-15-28)45-34(35,36)37/h8-17,21-22,24H,4-7,18-20H2,1-3H3,(H,38,44). The van der Waals surface area contributed by atoms with Crippen molar-refractivity contribution < 1.29 is 22.7 Å². The predicted octanol–water partition coefficient (Wildman–Crippen LogP) is 8.12. The highest BCUT2D eigenvalue weighted by Crippen LogP contribution is 2.33. The zero-order valence-electron chi connectivity index (χ0n) is 26.1. The molecule has 46 heavy (non-hydrogen) atoms. The fourth-order valence-corrected chi connectivity index (χ4v) is 6.47. The second kappa shape index (κ2) is 14.8. The Bertz CT molecular complexity index is 1650. The van der Waals surface area contributed by atoms with E-state index in [1.165, 1.54) is 46.4 Å². The Hall–Kier alpha value is -4.32. The number of alkyl halides is 3. The van der Waals surface area contributed by atoms with Gasteiger partial charge in [0.25, 0.3) is 0 Å². The summed E-state index contributed by atoms with van der Waals surface area (Å²) < 4.78 is 42.7. The molecule has 8 nitrogen and oxygen atoms in total. The van der Waals surface area contributed by atoms with Crippen LogP contribution in [-0.4, -0.2) is 50.7 Å². The molecule has 1 saturated heterocycles. The average molecular weight is 651 g/mol. The molecule has 0 spiro atoms. The van der Waals surface area contributed by atoms with Gasteiger partial charge in [0.1, 0.15) is 12.1 Å². The topological polar surface area (TPSA) is 84.6 Å². The number of hydrogen-bond donors (Lipinski definition) is 1. The number of urea groups is 1. The van der Waals surface area contributed by atoms with Gasteiger partial charge in [-0.3, -0.25) is 0 Å². The number of aryl methyl sites for hydroxylation is 3. The number of amides is 2.